The maximum Gasteiger partial charge on any atom is 0.175 e. The van der Waals surface area contributed by atoms with E-state index in [1.807, 2.05) is 62.3 Å². The van der Waals surface area contributed by atoms with Crippen molar-refractivity contribution in [3.63, 3.8) is 0 Å². The van der Waals surface area contributed by atoms with Gasteiger partial charge in [0.05, 0.1) is 12.2 Å². The molecule has 3 aromatic rings. The number of rotatable bonds is 4. The summed E-state index contributed by atoms with van der Waals surface area (Å²) in [4.78, 5) is 1.99. The lowest BCUT2D eigenvalue weighted by molar-refractivity contribution is 0.481. The van der Waals surface area contributed by atoms with E-state index in [9.17, 15) is 0 Å². The second-order valence-electron chi connectivity index (χ2n) is 5.02. The molecule has 0 N–H and O–H groups in total. The molecule has 3 rings (SSSR count). The molecule has 0 aliphatic carbocycles. The van der Waals surface area contributed by atoms with E-state index in [0.29, 0.717) is 12.4 Å². The van der Waals surface area contributed by atoms with Crippen LogP contribution in [-0.2, 0) is 6.54 Å². The van der Waals surface area contributed by atoms with Gasteiger partial charge in [-0.05, 0) is 44.2 Å². The van der Waals surface area contributed by atoms with Crippen LogP contribution >= 0.6 is 0 Å². The lowest BCUT2D eigenvalue weighted by atomic mass is 10.4. The monoisotopic (exact) mass is 283 g/mol. The van der Waals surface area contributed by atoms with Gasteiger partial charge >= 0.3 is 0 Å². The SMILES string of the molecule is Cc1ccn(-c2ccc(N(C)Cc3ccc(C)o3)nn2)n1. The molecule has 0 saturated carbocycles. The van der Waals surface area contributed by atoms with Crippen molar-refractivity contribution in [2.24, 2.45) is 0 Å². The zero-order valence-electron chi connectivity index (χ0n) is 12.3. The Hall–Kier alpha value is -2.63. The number of aromatic nitrogens is 4. The maximum atomic E-state index is 5.57. The molecule has 0 aromatic carbocycles. The van der Waals surface area contributed by atoms with E-state index in [-0.39, 0.29) is 0 Å². The molecule has 0 aliphatic rings. The number of hydrogen-bond acceptors (Lipinski definition) is 5. The second-order valence-corrected chi connectivity index (χ2v) is 5.02. The average Bonchev–Trinajstić information content (AvgIpc) is 3.08. The molecule has 0 amide bonds. The number of nitrogens with zero attached hydrogens (tertiary/aromatic N) is 5. The molecule has 3 aromatic heterocycles. The van der Waals surface area contributed by atoms with Gasteiger partial charge < -0.3 is 9.32 Å². The third kappa shape index (κ3) is 2.94. The van der Waals surface area contributed by atoms with Gasteiger partial charge in [0.1, 0.15) is 11.5 Å². The molecule has 0 spiro atoms. The minimum absolute atomic E-state index is 0.656. The maximum absolute atomic E-state index is 5.57. The Labute approximate surface area is 123 Å². The molecule has 0 radical (unpaired) electrons. The Bertz CT molecular complexity index is 729. The van der Waals surface area contributed by atoms with E-state index < -0.39 is 0 Å². The van der Waals surface area contributed by atoms with Gasteiger partial charge in [-0.3, -0.25) is 0 Å². The fraction of sp³-hybridized carbons (Fsp3) is 0.267. The molecular weight excluding hydrogens is 266 g/mol. The van der Waals surface area contributed by atoms with Gasteiger partial charge in [-0.25, -0.2) is 4.68 Å². The third-order valence-electron chi connectivity index (χ3n) is 3.17. The number of anilines is 1. The largest absolute Gasteiger partial charge is 0.464 e. The van der Waals surface area contributed by atoms with Crippen molar-refractivity contribution < 1.29 is 4.42 Å². The Morgan fingerprint density at radius 2 is 1.95 bits per heavy atom. The molecule has 0 aliphatic heterocycles. The Balaban J connectivity index is 1.74. The minimum atomic E-state index is 0.656. The van der Waals surface area contributed by atoms with Crippen molar-refractivity contribution in [1.82, 2.24) is 20.0 Å². The Kier molecular flexibility index (Phi) is 3.43. The lowest BCUT2D eigenvalue weighted by Crippen LogP contribution is -2.18. The molecule has 0 saturated heterocycles. The van der Waals surface area contributed by atoms with Crippen LogP contribution in [0, 0.1) is 13.8 Å². The Morgan fingerprint density at radius 1 is 1.10 bits per heavy atom. The van der Waals surface area contributed by atoms with Crippen LogP contribution in [0.3, 0.4) is 0 Å². The zero-order chi connectivity index (χ0) is 14.8. The molecule has 0 atom stereocenters. The summed E-state index contributed by atoms with van der Waals surface area (Å²) in [6.45, 7) is 4.53. The lowest BCUT2D eigenvalue weighted by Gasteiger charge is -2.16. The fourth-order valence-corrected chi connectivity index (χ4v) is 2.07. The van der Waals surface area contributed by atoms with Crippen molar-refractivity contribution in [1.29, 1.82) is 0 Å². The van der Waals surface area contributed by atoms with Crippen LogP contribution in [0.5, 0.6) is 0 Å². The molecule has 6 heteroatoms. The number of hydrogen-bond donors (Lipinski definition) is 0. The van der Waals surface area contributed by atoms with Crippen molar-refractivity contribution in [3.05, 3.63) is 53.7 Å². The van der Waals surface area contributed by atoms with Crippen molar-refractivity contribution in [3.8, 4) is 5.82 Å². The molecule has 0 fully saturated rings. The van der Waals surface area contributed by atoms with Crippen molar-refractivity contribution in [2.45, 2.75) is 20.4 Å². The highest BCUT2D eigenvalue weighted by molar-refractivity contribution is 5.39. The van der Waals surface area contributed by atoms with E-state index in [4.69, 9.17) is 4.42 Å². The molecule has 6 nitrogen and oxygen atoms in total. The topological polar surface area (TPSA) is 60.0 Å². The van der Waals surface area contributed by atoms with Crippen molar-refractivity contribution >= 4 is 5.82 Å². The van der Waals surface area contributed by atoms with Crippen LogP contribution in [0.4, 0.5) is 5.82 Å². The van der Waals surface area contributed by atoms with Crippen LogP contribution in [0.25, 0.3) is 5.82 Å². The highest BCUT2D eigenvalue weighted by atomic mass is 16.3. The van der Waals surface area contributed by atoms with Gasteiger partial charge in [0.2, 0.25) is 0 Å². The predicted octanol–water partition coefficient (Wildman–Crippen LogP) is 2.51. The Morgan fingerprint density at radius 3 is 2.52 bits per heavy atom. The number of aryl methyl sites for hydroxylation is 2. The summed E-state index contributed by atoms with van der Waals surface area (Å²) < 4.78 is 7.28. The quantitative estimate of drug-likeness (QED) is 0.736. The van der Waals surface area contributed by atoms with E-state index >= 15 is 0 Å². The van der Waals surface area contributed by atoms with Gasteiger partial charge in [-0.15, -0.1) is 10.2 Å². The van der Waals surface area contributed by atoms with Gasteiger partial charge in [0, 0.05) is 13.2 Å². The fourth-order valence-electron chi connectivity index (χ4n) is 2.07. The second kappa shape index (κ2) is 5.40. The first-order valence-corrected chi connectivity index (χ1v) is 6.74. The summed E-state index contributed by atoms with van der Waals surface area (Å²) in [5, 5.41) is 12.8. The summed E-state index contributed by atoms with van der Waals surface area (Å²) in [7, 11) is 1.96. The predicted molar refractivity (Wildman–Crippen MR) is 79.4 cm³/mol. The standard InChI is InChI=1S/C15H17N5O/c1-11-8-9-20(18-11)15-7-6-14(16-17-15)19(3)10-13-5-4-12(2)21-13/h4-9H,10H2,1-3H3. The smallest absolute Gasteiger partial charge is 0.175 e. The summed E-state index contributed by atoms with van der Waals surface area (Å²) in [6.07, 6.45) is 1.87. The van der Waals surface area contributed by atoms with Gasteiger partial charge in [0.25, 0.3) is 0 Å². The summed E-state index contributed by atoms with van der Waals surface area (Å²) in [5.74, 6) is 3.31. The van der Waals surface area contributed by atoms with E-state index in [1.165, 1.54) is 0 Å². The van der Waals surface area contributed by atoms with Crippen LogP contribution in [0.15, 0.2) is 40.9 Å². The summed E-state index contributed by atoms with van der Waals surface area (Å²) in [6, 6.07) is 9.69. The van der Waals surface area contributed by atoms with Gasteiger partial charge in [-0.1, -0.05) is 0 Å². The molecule has 0 bridgehead atoms. The summed E-state index contributed by atoms with van der Waals surface area (Å²) >= 11 is 0. The van der Waals surface area contributed by atoms with Crippen LogP contribution in [0.2, 0.25) is 0 Å². The first-order valence-electron chi connectivity index (χ1n) is 6.74. The first kappa shape index (κ1) is 13.4. The van der Waals surface area contributed by atoms with Crippen LogP contribution < -0.4 is 4.90 Å². The van der Waals surface area contributed by atoms with Crippen LogP contribution in [-0.4, -0.2) is 27.0 Å². The average molecular weight is 283 g/mol. The highest BCUT2D eigenvalue weighted by Gasteiger charge is 2.08. The van der Waals surface area contributed by atoms with Gasteiger partial charge in [0.15, 0.2) is 11.6 Å². The molecule has 0 unspecified atom stereocenters. The zero-order valence-corrected chi connectivity index (χ0v) is 12.3. The number of furan rings is 1. The van der Waals surface area contributed by atoms with E-state index in [2.05, 4.69) is 15.3 Å². The third-order valence-corrected chi connectivity index (χ3v) is 3.17. The molecular formula is C15H17N5O. The minimum Gasteiger partial charge on any atom is -0.464 e. The summed E-state index contributed by atoms with van der Waals surface area (Å²) in [5.41, 5.74) is 0.950. The van der Waals surface area contributed by atoms with Crippen LogP contribution in [0.1, 0.15) is 17.2 Å². The molecule has 21 heavy (non-hydrogen) atoms. The highest BCUT2D eigenvalue weighted by Crippen LogP contribution is 2.15. The molecule has 3 heterocycles. The van der Waals surface area contributed by atoms with E-state index in [0.717, 1.165) is 23.0 Å². The first-order chi connectivity index (χ1) is 10.1. The van der Waals surface area contributed by atoms with Crippen molar-refractivity contribution in [2.75, 3.05) is 11.9 Å². The molecule has 108 valence electrons. The van der Waals surface area contributed by atoms with E-state index in [1.54, 1.807) is 4.68 Å². The van der Waals surface area contributed by atoms with Gasteiger partial charge in [-0.2, -0.15) is 5.10 Å². The normalized spacial score (nSPS) is 10.8.